The van der Waals surface area contributed by atoms with E-state index in [-0.39, 0.29) is 0 Å². The number of aromatic nitrogens is 1. The molecule has 0 aromatic carbocycles. The molecule has 0 spiro atoms. The van der Waals surface area contributed by atoms with E-state index in [2.05, 4.69) is 10.3 Å². The summed E-state index contributed by atoms with van der Waals surface area (Å²) in [5.74, 6) is -5.25. The molecule has 0 radical (unpaired) electrons. The second-order valence-electron chi connectivity index (χ2n) is 5.30. The lowest BCUT2D eigenvalue weighted by atomic mass is 9.96. The number of thiazole rings is 1. The van der Waals surface area contributed by atoms with Crippen LogP contribution < -0.4 is 5.32 Å². The number of urea groups is 1. The maximum atomic E-state index is 12.9. The molecule has 1 aromatic heterocycles. The fourth-order valence-corrected chi connectivity index (χ4v) is 3.34. The average Bonchev–Trinajstić information content (AvgIpc) is 3.03. The lowest BCUT2D eigenvalue weighted by molar-refractivity contribution is -0.187. The molecule has 2 amide bonds. The molecule has 1 aromatic rings. The summed E-state index contributed by atoms with van der Waals surface area (Å²) >= 11 is 1.25. The third-order valence-electron chi connectivity index (χ3n) is 3.71. The maximum absolute atomic E-state index is 12.9. The molecule has 6 nitrogen and oxygen atoms in total. The minimum absolute atomic E-state index is 0.467. The number of amides is 2. The molecule has 0 unspecified atom stereocenters. The minimum Gasteiger partial charge on any atom is -0.481 e. The predicted molar refractivity (Wildman–Crippen MR) is 77.5 cm³/mol. The predicted octanol–water partition coefficient (Wildman–Crippen LogP) is 2.74. The van der Waals surface area contributed by atoms with Crippen molar-refractivity contribution in [3.05, 3.63) is 10.7 Å². The smallest absolute Gasteiger partial charge is 0.394 e. The standard InChI is InChI=1S/C13H16F3N3O3S/c1-3-9-17-6(2)10(23-9)18-12(22)19-4-7(11(20)21)8(5-19)13(14,15)16/h7-8H,3-5H2,1-2H3,(H,18,22)(H,20,21)/t7-,8-/m1/s1. The van der Waals surface area contributed by atoms with Crippen molar-refractivity contribution in [2.75, 3.05) is 18.4 Å². The first kappa shape index (κ1) is 17.5. The molecule has 1 fully saturated rings. The van der Waals surface area contributed by atoms with Gasteiger partial charge in [0.05, 0.1) is 22.5 Å². The fraction of sp³-hybridized carbons (Fsp3) is 0.615. The third kappa shape index (κ3) is 3.74. The van der Waals surface area contributed by atoms with Crippen molar-refractivity contribution in [1.82, 2.24) is 9.88 Å². The second kappa shape index (κ2) is 6.34. The quantitative estimate of drug-likeness (QED) is 0.877. The van der Waals surface area contributed by atoms with Crippen LogP contribution in [0.1, 0.15) is 17.6 Å². The molecule has 1 saturated heterocycles. The van der Waals surface area contributed by atoms with Crippen LogP contribution >= 0.6 is 11.3 Å². The molecular formula is C13H16F3N3O3S. The molecule has 10 heteroatoms. The highest BCUT2D eigenvalue weighted by Gasteiger charge is 2.53. The first-order valence-electron chi connectivity index (χ1n) is 6.95. The van der Waals surface area contributed by atoms with Gasteiger partial charge in [-0.2, -0.15) is 13.2 Å². The Kier molecular flexibility index (Phi) is 4.83. The Hall–Kier alpha value is -1.84. The number of carboxylic acid groups (broad SMARTS) is 1. The van der Waals surface area contributed by atoms with Gasteiger partial charge in [0.15, 0.2) is 0 Å². The molecule has 0 saturated carbocycles. The SMILES string of the molecule is CCc1nc(C)c(NC(=O)N2C[C@@H](C(F)(F)F)[C@H](C(=O)O)C2)s1. The zero-order valence-electron chi connectivity index (χ0n) is 12.5. The zero-order chi connectivity index (χ0) is 17.4. The molecule has 128 valence electrons. The summed E-state index contributed by atoms with van der Waals surface area (Å²) in [6, 6.07) is -0.739. The van der Waals surface area contributed by atoms with Gasteiger partial charge < -0.3 is 10.0 Å². The van der Waals surface area contributed by atoms with Crippen LogP contribution in [0, 0.1) is 18.8 Å². The first-order chi connectivity index (χ1) is 10.6. The van der Waals surface area contributed by atoms with Gasteiger partial charge in [-0.3, -0.25) is 10.1 Å². The minimum atomic E-state index is -4.66. The van der Waals surface area contributed by atoms with Crippen LogP contribution in [0.4, 0.5) is 23.0 Å². The maximum Gasteiger partial charge on any atom is 0.394 e. The van der Waals surface area contributed by atoms with Crippen LogP contribution in [0.25, 0.3) is 0 Å². The molecule has 0 bridgehead atoms. The van der Waals surface area contributed by atoms with Gasteiger partial charge in [0, 0.05) is 13.1 Å². The molecule has 2 heterocycles. The Morgan fingerprint density at radius 2 is 2.09 bits per heavy atom. The average molecular weight is 351 g/mol. The van der Waals surface area contributed by atoms with Crippen LogP contribution in [0.15, 0.2) is 0 Å². The van der Waals surface area contributed by atoms with Crippen LogP contribution in [0.3, 0.4) is 0 Å². The van der Waals surface area contributed by atoms with Crippen LogP contribution in [0.2, 0.25) is 0 Å². The third-order valence-corrected chi connectivity index (χ3v) is 4.93. The van der Waals surface area contributed by atoms with Crippen molar-refractivity contribution in [2.24, 2.45) is 11.8 Å². The fourth-order valence-electron chi connectivity index (χ4n) is 2.45. The molecule has 0 aliphatic carbocycles. The first-order valence-corrected chi connectivity index (χ1v) is 7.76. The summed E-state index contributed by atoms with van der Waals surface area (Å²) in [7, 11) is 0. The van der Waals surface area contributed by atoms with Gasteiger partial charge in [-0.05, 0) is 13.3 Å². The zero-order valence-corrected chi connectivity index (χ0v) is 13.3. The van der Waals surface area contributed by atoms with Crippen molar-refractivity contribution < 1.29 is 27.9 Å². The van der Waals surface area contributed by atoms with Gasteiger partial charge in [0.25, 0.3) is 0 Å². The number of hydrogen-bond acceptors (Lipinski definition) is 4. The normalized spacial score (nSPS) is 21.5. The second-order valence-corrected chi connectivity index (χ2v) is 6.39. The number of halogens is 3. The van der Waals surface area contributed by atoms with E-state index in [1.165, 1.54) is 11.3 Å². The monoisotopic (exact) mass is 351 g/mol. The highest BCUT2D eigenvalue weighted by molar-refractivity contribution is 7.16. The Morgan fingerprint density at radius 1 is 1.43 bits per heavy atom. The Morgan fingerprint density at radius 3 is 2.52 bits per heavy atom. The number of aryl methyl sites for hydroxylation is 2. The van der Waals surface area contributed by atoms with Crippen molar-refractivity contribution in [1.29, 1.82) is 0 Å². The molecule has 1 aliphatic rings. The number of aliphatic carboxylic acids is 1. The lowest BCUT2D eigenvalue weighted by Gasteiger charge is -2.18. The van der Waals surface area contributed by atoms with Crippen molar-refractivity contribution in [3.63, 3.8) is 0 Å². The van der Waals surface area contributed by atoms with Gasteiger partial charge in [0.2, 0.25) is 0 Å². The number of carboxylic acids is 1. The largest absolute Gasteiger partial charge is 0.481 e. The summed E-state index contributed by atoms with van der Waals surface area (Å²) in [5.41, 5.74) is 0.585. The number of carbonyl (C=O) groups is 2. The number of rotatable bonds is 3. The van der Waals surface area contributed by atoms with Crippen molar-refractivity contribution in [2.45, 2.75) is 26.4 Å². The van der Waals surface area contributed by atoms with Gasteiger partial charge in [-0.1, -0.05) is 6.92 Å². The summed E-state index contributed by atoms with van der Waals surface area (Å²) in [5, 5.41) is 12.7. The molecule has 2 N–H and O–H groups in total. The van der Waals surface area contributed by atoms with Crippen LogP contribution in [-0.4, -0.2) is 46.3 Å². The van der Waals surface area contributed by atoms with Gasteiger partial charge in [0.1, 0.15) is 5.00 Å². The van der Waals surface area contributed by atoms with Crippen LogP contribution in [0.5, 0.6) is 0 Å². The summed E-state index contributed by atoms with van der Waals surface area (Å²) < 4.78 is 38.8. The summed E-state index contributed by atoms with van der Waals surface area (Å²) in [6.45, 7) is 2.46. The Bertz CT molecular complexity index is 617. The molecule has 2 atom stereocenters. The Balaban J connectivity index is 2.11. The molecular weight excluding hydrogens is 335 g/mol. The van der Waals surface area contributed by atoms with E-state index in [0.717, 1.165) is 9.91 Å². The number of likely N-dealkylation sites (tertiary alicyclic amines) is 1. The number of nitrogens with one attached hydrogen (secondary N) is 1. The highest BCUT2D eigenvalue weighted by Crippen LogP contribution is 2.38. The number of hydrogen-bond donors (Lipinski definition) is 2. The highest BCUT2D eigenvalue weighted by atomic mass is 32.1. The van der Waals surface area contributed by atoms with E-state index in [1.807, 2.05) is 6.92 Å². The number of anilines is 1. The number of nitrogens with zero attached hydrogens (tertiary/aromatic N) is 2. The van der Waals surface area contributed by atoms with E-state index in [1.54, 1.807) is 6.92 Å². The Labute approximate surface area is 134 Å². The summed E-state index contributed by atoms with van der Waals surface area (Å²) in [6.07, 6.45) is -3.98. The van der Waals surface area contributed by atoms with E-state index >= 15 is 0 Å². The van der Waals surface area contributed by atoms with E-state index in [4.69, 9.17) is 5.11 Å². The van der Waals surface area contributed by atoms with E-state index in [9.17, 15) is 22.8 Å². The molecule has 2 rings (SSSR count). The van der Waals surface area contributed by atoms with Crippen LogP contribution in [-0.2, 0) is 11.2 Å². The van der Waals surface area contributed by atoms with E-state index in [0.29, 0.717) is 17.1 Å². The van der Waals surface area contributed by atoms with Gasteiger partial charge >= 0.3 is 18.2 Å². The van der Waals surface area contributed by atoms with E-state index < -0.39 is 43.1 Å². The van der Waals surface area contributed by atoms with Crippen molar-refractivity contribution >= 4 is 28.3 Å². The lowest BCUT2D eigenvalue weighted by Crippen LogP contribution is -2.35. The number of carbonyl (C=O) groups excluding carboxylic acids is 1. The molecule has 23 heavy (non-hydrogen) atoms. The van der Waals surface area contributed by atoms with Gasteiger partial charge in [-0.15, -0.1) is 11.3 Å². The van der Waals surface area contributed by atoms with Gasteiger partial charge in [-0.25, -0.2) is 9.78 Å². The topological polar surface area (TPSA) is 82.5 Å². The molecule has 1 aliphatic heterocycles. The number of alkyl halides is 3. The van der Waals surface area contributed by atoms with Crippen molar-refractivity contribution in [3.8, 4) is 0 Å². The summed E-state index contributed by atoms with van der Waals surface area (Å²) in [4.78, 5) is 28.3.